The average Bonchev–Trinajstić information content (AvgIpc) is 3.78. The molecule has 0 aliphatic carbocycles. The quantitative estimate of drug-likeness (QED) is 0.177. The second-order valence-electron chi connectivity index (χ2n) is 16.5. The van der Waals surface area contributed by atoms with Gasteiger partial charge in [0.2, 0.25) is 0 Å². The van der Waals surface area contributed by atoms with Gasteiger partial charge in [-0.15, -0.1) is 16.6 Å². The molecular formula is C43H42N6Pt. The summed E-state index contributed by atoms with van der Waals surface area (Å²) in [4.78, 5) is 10.6. The monoisotopic (exact) mass is 837 g/mol. The van der Waals surface area contributed by atoms with Gasteiger partial charge in [0, 0.05) is 11.6 Å². The van der Waals surface area contributed by atoms with Crippen molar-refractivity contribution < 1.29 is 21.1 Å². The molecule has 0 amide bonds. The first-order valence-electron chi connectivity index (χ1n) is 17.1. The molecule has 7 heteroatoms. The standard InChI is InChI=1S/C43H42N6.Pt/c1-41(2,3)26-17-18-33-31(19-26)32-20-27(42(4,5)6)23-37(40(32)46-33)49-36-16-11-10-14-30(36)39(48-49)35-22-28(43(7,8)9)21-34(45-35)29-15-12-13-25-24-44-47-38(25)29;/h10-24H,1-9H3;/q-2;+2. The normalized spacial score (nSPS) is 12.7. The SMILES string of the molecule is CC(C)(C)c1cc(-c2nn(-c3cc(C(C)(C)C)cc4c3[n-]c3ccc(C(C)(C)C)cc34)c3ccccc23)nc(-c2cccc3cn[n-]c23)c1.[Pt+2]. The van der Waals surface area contributed by atoms with Gasteiger partial charge in [0.25, 0.3) is 0 Å². The molecule has 0 bridgehead atoms. The van der Waals surface area contributed by atoms with E-state index in [0.717, 1.165) is 66.6 Å². The molecule has 0 spiro atoms. The van der Waals surface area contributed by atoms with Gasteiger partial charge >= 0.3 is 21.1 Å². The fourth-order valence-electron chi connectivity index (χ4n) is 6.77. The van der Waals surface area contributed by atoms with E-state index in [1.165, 1.54) is 22.1 Å². The minimum Gasteiger partial charge on any atom is -0.655 e. The van der Waals surface area contributed by atoms with Crippen molar-refractivity contribution in [2.45, 2.75) is 78.6 Å². The molecule has 6 nitrogen and oxygen atoms in total. The molecule has 4 aromatic heterocycles. The molecule has 0 fully saturated rings. The summed E-state index contributed by atoms with van der Waals surface area (Å²) >= 11 is 0. The van der Waals surface area contributed by atoms with E-state index in [1.54, 1.807) is 6.20 Å². The molecule has 0 saturated heterocycles. The number of hydrogen-bond donors (Lipinski definition) is 0. The van der Waals surface area contributed by atoms with Crippen molar-refractivity contribution in [2.24, 2.45) is 0 Å². The first kappa shape index (κ1) is 33.9. The smallest absolute Gasteiger partial charge is 0.655 e. The van der Waals surface area contributed by atoms with Crippen molar-refractivity contribution in [1.29, 1.82) is 0 Å². The van der Waals surface area contributed by atoms with Crippen LogP contribution in [0.3, 0.4) is 0 Å². The van der Waals surface area contributed by atoms with E-state index in [0.29, 0.717) is 0 Å². The third-order valence-corrected chi connectivity index (χ3v) is 9.79. The fourth-order valence-corrected chi connectivity index (χ4v) is 6.77. The number of fused-ring (bicyclic) bond motifs is 5. The summed E-state index contributed by atoms with van der Waals surface area (Å²) in [5.74, 6) is 0. The molecule has 50 heavy (non-hydrogen) atoms. The third-order valence-electron chi connectivity index (χ3n) is 9.79. The number of pyridine rings is 1. The van der Waals surface area contributed by atoms with E-state index >= 15 is 0 Å². The maximum atomic E-state index is 5.43. The number of para-hydroxylation sites is 1. The Morgan fingerprint density at radius 2 is 1.28 bits per heavy atom. The predicted octanol–water partition coefficient (Wildman–Crippen LogP) is 10.4. The molecule has 8 aromatic rings. The molecule has 0 aliphatic heterocycles. The van der Waals surface area contributed by atoms with E-state index in [9.17, 15) is 0 Å². The topological polar surface area (TPSA) is 71.8 Å². The first-order chi connectivity index (χ1) is 23.2. The Labute approximate surface area is 308 Å². The molecule has 0 aliphatic rings. The van der Waals surface area contributed by atoms with Crippen molar-refractivity contribution >= 4 is 43.6 Å². The summed E-state index contributed by atoms with van der Waals surface area (Å²) in [6.07, 6.45) is 1.81. The van der Waals surface area contributed by atoms with Crippen molar-refractivity contribution in [2.75, 3.05) is 0 Å². The molecule has 4 aromatic carbocycles. The van der Waals surface area contributed by atoms with Crippen LogP contribution in [-0.4, -0.2) is 19.9 Å². The van der Waals surface area contributed by atoms with E-state index < -0.39 is 0 Å². The number of benzene rings is 4. The van der Waals surface area contributed by atoms with Crippen LogP contribution < -0.4 is 10.1 Å². The Hall–Kier alpha value is -4.54. The Morgan fingerprint density at radius 3 is 2.02 bits per heavy atom. The zero-order chi connectivity index (χ0) is 34.5. The molecule has 0 N–H and O–H groups in total. The van der Waals surface area contributed by atoms with Crippen LogP contribution >= 0.6 is 0 Å². The van der Waals surface area contributed by atoms with E-state index in [2.05, 4.69) is 150 Å². The van der Waals surface area contributed by atoms with Gasteiger partial charge in [-0.3, -0.25) is 0 Å². The minimum absolute atomic E-state index is 0. The second kappa shape index (κ2) is 11.8. The molecule has 8 rings (SSSR count). The van der Waals surface area contributed by atoms with E-state index in [1.807, 2.05) is 12.1 Å². The number of aromatic nitrogens is 6. The number of hydrogen-bond acceptors (Lipinski definition) is 3. The maximum absolute atomic E-state index is 5.43. The van der Waals surface area contributed by atoms with Crippen LogP contribution in [0.4, 0.5) is 0 Å². The largest absolute Gasteiger partial charge is 2.00 e. The predicted molar refractivity (Wildman–Crippen MR) is 203 cm³/mol. The van der Waals surface area contributed by atoms with Gasteiger partial charge in [0.05, 0.1) is 22.6 Å². The Kier molecular flexibility index (Phi) is 7.99. The van der Waals surface area contributed by atoms with Crippen LogP contribution in [0.5, 0.6) is 0 Å². The van der Waals surface area contributed by atoms with Crippen molar-refractivity contribution in [1.82, 2.24) is 29.9 Å². The Bertz CT molecular complexity index is 2560. The molecule has 0 saturated carbocycles. The molecule has 0 atom stereocenters. The van der Waals surface area contributed by atoms with Crippen LogP contribution in [0.25, 0.3) is 71.9 Å². The average molecular weight is 838 g/mol. The summed E-state index contributed by atoms with van der Waals surface area (Å²) in [6.45, 7) is 20.3. The van der Waals surface area contributed by atoms with Gasteiger partial charge in [0.1, 0.15) is 5.69 Å². The fraction of sp³-hybridized carbons (Fsp3) is 0.279. The second-order valence-corrected chi connectivity index (χ2v) is 16.5. The van der Waals surface area contributed by atoms with E-state index in [-0.39, 0.29) is 37.3 Å². The van der Waals surface area contributed by atoms with Crippen molar-refractivity contribution in [3.05, 3.63) is 108 Å². The minimum atomic E-state index is -0.116. The zero-order valence-corrected chi connectivity index (χ0v) is 32.4. The summed E-state index contributed by atoms with van der Waals surface area (Å²) in [6, 6.07) is 30.3. The molecule has 4 heterocycles. The zero-order valence-electron chi connectivity index (χ0n) is 30.2. The van der Waals surface area contributed by atoms with Crippen LogP contribution in [0.15, 0.2) is 91.1 Å². The van der Waals surface area contributed by atoms with Crippen molar-refractivity contribution in [3.63, 3.8) is 0 Å². The number of rotatable bonds is 3. The summed E-state index contributed by atoms with van der Waals surface area (Å²) in [7, 11) is 0. The van der Waals surface area contributed by atoms with Gasteiger partial charge in [-0.1, -0.05) is 123 Å². The van der Waals surface area contributed by atoms with Crippen LogP contribution in [0.1, 0.15) is 79.0 Å². The van der Waals surface area contributed by atoms with Crippen LogP contribution in [0.2, 0.25) is 0 Å². The third kappa shape index (κ3) is 5.68. The molecule has 0 unspecified atom stereocenters. The van der Waals surface area contributed by atoms with Crippen LogP contribution in [-0.2, 0) is 37.3 Å². The van der Waals surface area contributed by atoms with Gasteiger partial charge in [0.15, 0.2) is 0 Å². The summed E-state index contributed by atoms with van der Waals surface area (Å²) < 4.78 is 2.09. The van der Waals surface area contributed by atoms with Gasteiger partial charge in [-0.05, 0) is 78.9 Å². The molecule has 254 valence electrons. The van der Waals surface area contributed by atoms with Crippen molar-refractivity contribution in [3.8, 4) is 28.3 Å². The van der Waals surface area contributed by atoms with Gasteiger partial charge in [-0.25, -0.2) is 9.67 Å². The maximum Gasteiger partial charge on any atom is 2.00 e. The Morgan fingerprint density at radius 1 is 0.600 bits per heavy atom. The van der Waals surface area contributed by atoms with E-state index in [4.69, 9.17) is 15.1 Å². The first-order valence-corrected chi connectivity index (χ1v) is 17.1. The molecular weight excluding hydrogens is 796 g/mol. The summed E-state index contributed by atoms with van der Waals surface area (Å²) in [5, 5.41) is 18.5. The van der Waals surface area contributed by atoms with Gasteiger partial charge in [-0.2, -0.15) is 5.10 Å². The number of nitrogens with zero attached hydrogens (tertiary/aromatic N) is 6. The van der Waals surface area contributed by atoms with Gasteiger partial charge < -0.3 is 15.2 Å². The van der Waals surface area contributed by atoms with Crippen LogP contribution in [0, 0.1) is 0 Å². The molecule has 0 radical (unpaired) electrons. The Balaban J connectivity index is 0.00000392. The summed E-state index contributed by atoms with van der Waals surface area (Å²) in [5.41, 5.74) is 11.8.